The molecule has 0 aromatic rings. The summed E-state index contributed by atoms with van der Waals surface area (Å²) in [6, 6.07) is 0. The van der Waals surface area contributed by atoms with Crippen molar-refractivity contribution in [1.82, 2.24) is 4.90 Å². The predicted molar refractivity (Wildman–Crippen MR) is 45.5 cm³/mol. The van der Waals surface area contributed by atoms with Crippen molar-refractivity contribution >= 4 is 11.7 Å². The molecule has 2 fully saturated rings. The monoisotopic (exact) mass is 237 g/mol. The maximum atomic E-state index is 12.0. The Morgan fingerprint density at radius 1 is 1.38 bits per heavy atom. The normalized spacial score (nSPS) is 26.3. The average molecular weight is 237 g/mol. The molecule has 0 bridgehead atoms. The van der Waals surface area contributed by atoms with Gasteiger partial charge in [-0.3, -0.25) is 9.59 Å². The van der Waals surface area contributed by atoms with Crippen molar-refractivity contribution in [2.45, 2.75) is 31.2 Å². The number of amides is 1. The van der Waals surface area contributed by atoms with E-state index in [4.69, 9.17) is 4.74 Å². The van der Waals surface area contributed by atoms with Gasteiger partial charge in [0.2, 0.25) is 0 Å². The van der Waals surface area contributed by atoms with Crippen molar-refractivity contribution in [1.29, 1.82) is 0 Å². The summed E-state index contributed by atoms with van der Waals surface area (Å²) >= 11 is 0. The molecule has 4 nitrogen and oxygen atoms in total. The Morgan fingerprint density at radius 3 is 2.19 bits per heavy atom. The number of carbonyl (C=O) groups excluding carboxylic acids is 2. The van der Waals surface area contributed by atoms with Crippen LogP contribution in [0, 0.1) is 0 Å². The lowest BCUT2D eigenvalue weighted by molar-refractivity contribution is -0.267. The molecule has 0 N–H and O–H groups in total. The Bertz CT molecular complexity index is 369. The van der Waals surface area contributed by atoms with Gasteiger partial charge in [-0.1, -0.05) is 0 Å². The highest BCUT2D eigenvalue weighted by Gasteiger charge is 2.68. The highest BCUT2D eigenvalue weighted by Crippen LogP contribution is 2.44. The Balaban J connectivity index is 1.98. The van der Waals surface area contributed by atoms with Crippen molar-refractivity contribution in [2.24, 2.45) is 0 Å². The maximum Gasteiger partial charge on any atom is 0.471 e. The molecule has 0 aliphatic carbocycles. The number of nitrogens with zero attached hydrogens (tertiary/aromatic N) is 1. The van der Waals surface area contributed by atoms with E-state index in [1.54, 1.807) is 13.8 Å². The number of ether oxygens (including phenoxy) is 1. The van der Waals surface area contributed by atoms with Crippen LogP contribution in [0.4, 0.5) is 13.2 Å². The molecule has 0 radical (unpaired) electrons. The first-order chi connectivity index (χ1) is 7.08. The quantitative estimate of drug-likeness (QED) is 0.616. The first kappa shape index (κ1) is 11.4. The smallest absolute Gasteiger partial charge is 0.350 e. The molecule has 16 heavy (non-hydrogen) atoms. The third-order valence-electron chi connectivity index (χ3n) is 2.83. The minimum atomic E-state index is -4.88. The summed E-state index contributed by atoms with van der Waals surface area (Å²) in [6.45, 7) is 2.50. The van der Waals surface area contributed by atoms with Gasteiger partial charge in [-0.25, -0.2) is 0 Å². The summed E-state index contributed by atoms with van der Waals surface area (Å²) in [5.74, 6) is -2.16. The molecule has 2 aliphatic heterocycles. The Hall–Kier alpha value is -1.11. The first-order valence-electron chi connectivity index (χ1n) is 4.70. The van der Waals surface area contributed by atoms with Gasteiger partial charge in [-0.2, -0.15) is 13.2 Å². The fraction of sp³-hybridized carbons (Fsp3) is 0.778. The van der Waals surface area contributed by atoms with Crippen molar-refractivity contribution in [3.63, 3.8) is 0 Å². The molecule has 1 amide bonds. The molecule has 2 saturated heterocycles. The number of hydrogen-bond acceptors (Lipinski definition) is 3. The van der Waals surface area contributed by atoms with Gasteiger partial charge >= 0.3 is 12.1 Å². The van der Waals surface area contributed by atoms with Gasteiger partial charge in [-0.05, 0) is 13.8 Å². The van der Waals surface area contributed by atoms with Crippen LogP contribution in [-0.2, 0) is 14.3 Å². The SMILES string of the molecule is CC1(C)OC2(CN(C(=O)C(F)(F)F)C2)C1=O. The largest absolute Gasteiger partial charge is 0.471 e. The van der Waals surface area contributed by atoms with Gasteiger partial charge in [-0.15, -0.1) is 0 Å². The molecule has 1 spiro atoms. The van der Waals surface area contributed by atoms with E-state index < -0.39 is 23.3 Å². The number of hydrogen-bond donors (Lipinski definition) is 0. The van der Waals surface area contributed by atoms with Crippen LogP contribution in [0.5, 0.6) is 0 Å². The van der Waals surface area contributed by atoms with Crippen LogP contribution in [0.25, 0.3) is 0 Å². The summed E-state index contributed by atoms with van der Waals surface area (Å²) < 4.78 is 41.3. The van der Waals surface area contributed by atoms with Crippen molar-refractivity contribution in [3.05, 3.63) is 0 Å². The van der Waals surface area contributed by atoms with E-state index in [2.05, 4.69) is 0 Å². The molecule has 7 heteroatoms. The Morgan fingerprint density at radius 2 is 1.88 bits per heavy atom. The van der Waals surface area contributed by atoms with Crippen LogP contribution in [-0.4, -0.2) is 47.1 Å². The van der Waals surface area contributed by atoms with E-state index >= 15 is 0 Å². The molecular formula is C9H10F3NO3. The predicted octanol–water partition coefficient (Wildman–Crippen LogP) is 0.508. The molecule has 2 aliphatic rings. The zero-order chi connectivity index (χ0) is 12.4. The van der Waals surface area contributed by atoms with E-state index in [1.165, 1.54) is 0 Å². The summed E-state index contributed by atoms with van der Waals surface area (Å²) in [5, 5.41) is 0. The Kier molecular flexibility index (Phi) is 1.97. The lowest BCUT2D eigenvalue weighted by atomic mass is 9.74. The molecule has 90 valence electrons. The zero-order valence-corrected chi connectivity index (χ0v) is 8.72. The van der Waals surface area contributed by atoms with E-state index in [9.17, 15) is 22.8 Å². The molecule has 0 unspecified atom stereocenters. The summed E-state index contributed by atoms with van der Waals surface area (Å²) in [5.41, 5.74) is -2.11. The fourth-order valence-electron chi connectivity index (χ4n) is 2.18. The second-order valence-electron chi connectivity index (χ2n) is 4.59. The molecule has 0 aromatic heterocycles. The van der Waals surface area contributed by atoms with E-state index in [0.29, 0.717) is 4.90 Å². The number of halogens is 3. The van der Waals surface area contributed by atoms with Crippen LogP contribution in [0.2, 0.25) is 0 Å². The number of alkyl halides is 3. The summed E-state index contributed by atoms with van der Waals surface area (Å²) in [4.78, 5) is 22.9. The summed E-state index contributed by atoms with van der Waals surface area (Å²) in [6.07, 6.45) is -4.88. The van der Waals surface area contributed by atoms with Gasteiger partial charge in [0, 0.05) is 0 Å². The van der Waals surface area contributed by atoms with Gasteiger partial charge in [0.25, 0.3) is 0 Å². The first-order valence-corrected chi connectivity index (χ1v) is 4.70. The third kappa shape index (κ3) is 1.34. The highest BCUT2D eigenvalue weighted by molar-refractivity contribution is 6.02. The van der Waals surface area contributed by atoms with Gasteiger partial charge in [0.05, 0.1) is 13.1 Å². The molecule has 0 aromatic carbocycles. The van der Waals surface area contributed by atoms with Gasteiger partial charge < -0.3 is 9.64 Å². The lowest BCUT2D eigenvalue weighted by Gasteiger charge is -2.59. The summed E-state index contributed by atoms with van der Waals surface area (Å²) in [7, 11) is 0. The molecule has 2 rings (SSSR count). The van der Waals surface area contributed by atoms with E-state index in [1.807, 2.05) is 0 Å². The van der Waals surface area contributed by atoms with Crippen LogP contribution in [0.15, 0.2) is 0 Å². The molecule has 0 saturated carbocycles. The lowest BCUT2D eigenvalue weighted by Crippen LogP contribution is -2.81. The number of Topliss-reactive ketones (excluding diaryl/α,β-unsaturated/α-hetero) is 1. The molecule has 2 heterocycles. The topological polar surface area (TPSA) is 46.6 Å². The van der Waals surface area contributed by atoms with Crippen LogP contribution in [0.3, 0.4) is 0 Å². The highest BCUT2D eigenvalue weighted by atomic mass is 19.4. The van der Waals surface area contributed by atoms with Gasteiger partial charge in [0.15, 0.2) is 11.4 Å². The second kappa shape index (κ2) is 2.77. The van der Waals surface area contributed by atoms with Crippen molar-refractivity contribution in [2.75, 3.05) is 13.1 Å². The number of carbonyl (C=O) groups is 2. The zero-order valence-electron chi connectivity index (χ0n) is 8.72. The average Bonchev–Trinajstić information content (AvgIpc) is 2.07. The molecular weight excluding hydrogens is 227 g/mol. The van der Waals surface area contributed by atoms with E-state index in [-0.39, 0.29) is 18.9 Å². The standard InChI is InChI=1S/C9H10F3NO3/c1-7(2)5(14)8(16-7)3-13(4-8)6(15)9(10,11)12/h3-4H2,1-2H3. The van der Waals surface area contributed by atoms with E-state index in [0.717, 1.165) is 0 Å². The van der Waals surface area contributed by atoms with Crippen molar-refractivity contribution in [3.8, 4) is 0 Å². The van der Waals surface area contributed by atoms with Crippen LogP contribution >= 0.6 is 0 Å². The minimum absolute atomic E-state index is 0.244. The van der Waals surface area contributed by atoms with Crippen molar-refractivity contribution < 1.29 is 27.5 Å². The second-order valence-corrected chi connectivity index (χ2v) is 4.59. The number of ketones is 1. The molecule has 0 atom stereocenters. The number of likely N-dealkylation sites (tertiary alicyclic amines) is 1. The Labute approximate surface area is 89.3 Å². The van der Waals surface area contributed by atoms with Crippen LogP contribution < -0.4 is 0 Å². The number of rotatable bonds is 0. The van der Waals surface area contributed by atoms with Crippen LogP contribution in [0.1, 0.15) is 13.8 Å². The maximum absolute atomic E-state index is 12.0. The third-order valence-corrected chi connectivity index (χ3v) is 2.83. The minimum Gasteiger partial charge on any atom is -0.350 e. The van der Waals surface area contributed by atoms with Gasteiger partial charge in [0.1, 0.15) is 5.60 Å². The fourth-order valence-corrected chi connectivity index (χ4v) is 2.18.